The highest BCUT2D eigenvalue weighted by molar-refractivity contribution is 9.10. The van der Waals surface area contributed by atoms with Crippen molar-refractivity contribution in [3.05, 3.63) is 27.7 Å². The van der Waals surface area contributed by atoms with Crippen molar-refractivity contribution in [3.8, 4) is 0 Å². The number of pyridine rings is 1. The van der Waals surface area contributed by atoms with Gasteiger partial charge in [0, 0.05) is 11.1 Å². The first-order valence-electron chi connectivity index (χ1n) is 4.74. The standard InChI is InChI=1S/C10H9BrF3NO2/c1-2-17-8(16)4-6-5(9(12)13)3-7(11)15-10(6)14/h3,9H,2,4H2,1H3. The number of ether oxygens (including phenoxy) is 1. The molecular formula is C10H9BrF3NO2. The van der Waals surface area contributed by atoms with Crippen LogP contribution < -0.4 is 0 Å². The van der Waals surface area contributed by atoms with Crippen molar-refractivity contribution in [3.63, 3.8) is 0 Å². The number of hydrogen-bond acceptors (Lipinski definition) is 3. The summed E-state index contributed by atoms with van der Waals surface area (Å²) in [5.74, 6) is -1.86. The number of nitrogens with zero attached hydrogens (tertiary/aromatic N) is 1. The molecule has 0 radical (unpaired) electrons. The number of hydrogen-bond donors (Lipinski definition) is 0. The van der Waals surface area contributed by atoms with Gasteiger partial charge in [-0.15, -0.1) is 0 Å². The molecule has 94 valence electrons. The van der Waals surface area contributed by atoms with Gasteiger partial charge in [-0.3, -0.25) is 4.79 Å². The maximum absolute atomic E-state index is 13.4. The van der Waals surface area contributed by atoms with Crippen LogP contribution >= 0.6 is 15.9 Å². The zero-order chi connectivity index (χ0) is 13.0. The molecule has 1 aromatic rings. The third kappa shape index (κ3) is 3.69. The molecule has 17 heavy (non-hydrogen) atoms. The van der Waals surface area contributed by atoms with E-state index in [-0.39, 0.29) is 11.2 Å². The number of halogens is 4. The molecule has 0 aliphatic heterocycles. The summed E-state index contributed by atoms with van der Waals surface area (Å²) in [4.78, 5) is 14.5. The van der Waals surface area contributed by atoms with Gasteiger partial charge in [-0.25, -0.2) is 13.8 Å². The number of alkyl halides is 2. The fraction of sp³-hybridized carbons (Fsp3) is 0.400. The maximum atomic E-state index is 13.4. The molecule has 1 aromatic heterocycles. The quantitative estimate of drug-likeness (QED) is 0.634. The zero-order valence-corrected chi connectivity index (χ0v) is 10.4. The summed E-state index contributed by atoms with van der Waals surface area (Å²) in [6, 6.07) is 0.988. The van der Waals surface area contributed by atoms with E-state index in [1.807, 2.05) is 0 Å². The van der Waals surface area contributed by atoms with E-state index in [0.717, 1.165) is 6.07 Å². The first kappa shape index (κ1) is 14.0. The van der Waals surface area contributed by atoms with E-state index >= 15 is 0 Å². The molecule has 3 nitrogen and oxygen atoms in total. The minimum absolute atomic E-state index is 0.0436. The normalized spacial score (nSPS) is 10.7. The van der Waals surface area contributed by atoms with Gasteiger partial charge in [0.15, 0.2) is 0 Å². The van der Waals surface area contributed by atoms with Crippen LogP contribution in [0.4, 0.5) is 13.2 Å². The summed E-state index contributed by atoms with van der Waals surface area (Å²) in [6.07, 6.45) is -3.44. The second-order valence-corrected chi connectivity index (χ2v) is 3.90. The molecule has 0 fully saturated rings. The van der Waals surface area contributed by atoms with Gasteiger partial charge in [-0.2, -0.15) is 4.39 Å². The predicted molar refractivity (Wildman–Crippen MR) is 57.2 cm³/mol. The third-order valence-electron chi connectivity index (χ3n) is 1.94. The SMILES string of the molecule is CCOC(=O)Cc1c(C(F)F)cc(Br)nc1F. The first-order chi connectivity index (χ1) is 7.95. The Bertz CT molecular complexity index is 426. The van der Waals surface area contributed by atoms with Gasteiger partial charge in [0.2, 0.25) is 5.95 Å². The molecule has 0 aromatic carbocycles. The number of carbonyl (C=O) groups is 1. The van der Waals surface area contributed by atoms with E-state index in [9.17, 15) is 18.0 Å². The van der Waals surface area contributed by atoms with Crippen LogP contribution in [0.25, 0.3) is 0 Å². The molecule has 0 saturated carbocycles. The Balaban J connectivity index is 3.08. The van der Waals surface area contributed by atoms with Crippen LogP contribution in [0.15, 0.2) is 10.7 Å². The predicted octanol–water partition coefficient (Wildman–Crippen LogP) is 3.03. The van der Waals surface area contributed by atoms with E-state index < -0.39 is 35.9 Å². The fourth-order valence-electron chi connectivity index (χ4n) is 1.25. The molecule has 0 aliphatic carbocycles. The van der Waals surface area contributed by atoms with Gasteiger partial charge in [0.1, 0.15) is 4.60 Å². The van der Waals surface area contributed by atoms with E-state index in [4.69, 9.17) is 0 Å². The lowest BCUT2D eigenvalue weighted by molar-refractivity contribution is -0.142. The minimum Gasteiger partial charge on any atom is -0.466 e. The minimum atomic E-state index is -2.88. The third-order valence-corrected chi connectivity index (χ3v) is 2.34. The fourth-order valence-corrected chi connectivity index (χ4v) is 1.66. The van der Waals surface area contributed by atoms with Gasteiger partial charge in [-0.05, 0) is 28.9 Å². The smallest absolute Gasteiger partial charge is 0.310 e. The Hall–Kier alpha value is -1.11. The average molecular weight is 312 g/mol. The lowest BCUT2D eigenvalue weighted by Gasteiger charge is -2.09. The Labute approximate surface area is 104 Å². The summed E-state index contributed by atoms with van der Waals surface area (Å²) in [6.45, 7) is 1.68. The molecule has 7 heteroatoms. The summed E-state index contributed by atoms with van der Waals surface area (Å²) in [5.41, 5.74) is -0.987. The Morgan fingerprint density at radius 1 is 1.59 bits per heavy atom. The molecule has 0 saturated heterocycles. The van der Waals surface area contributed by atoms with Crippen molar-refractivity contribution in [2.75, 3.05) is 6.61 Å². The molecule has 1 rings (SSSR count). The average Bonchev–Trinajstić information content (AvgIpc) is 2.21. The monoisotopic (exact) mass is 311 g/mol. The molecule has 0 spiro atoms. The number of esters is 1. The van der Waals surface area contributed by atoms with Crippen LogP contribution in [-0.2, 0) is 16.0 Å². The van der Waals surface area contributed by atoms with Crippen LogP contribution in [0.5, 0.6) is 0 Å². The summed E-state index contributed by atoms with van der Waals surface area (Å²) >= 11 is 2.81. The summed E-state index contributed by atoms with van der Waals surface area (Å²) in [5, 5.41) is 0. The largest absolute Gasteiger partial charge is 0.466 e. The van der Waals surface area contributed by atoms with Crippen LogP contribution in [0.3, 0.4) is 0 Å². The van der Waals surface area contributed by atoms with Gasteiger partial charge >= 0.3 is 5.97 Å². The highest BCUT2D eigenvalue weighted by Crippen LogP contribution is 2.27. The van der Waals surface area contributed by atoms with Crippen molar-refractivity contribution >= 4 is 21.9 Å². The summed E-state index contributed by atoms with van der Waals surface area (Å²) < 4.78 is 43.2. The number of rotatable bonds is 4. The zero-order valence-electron chi connectivity index (χ0n) is 8.84. The topological polar surface area (TPSA) is 39.2 Å². The van der Waals surface area contributed by atoms with Crippen LogP contribution in [-0.4, -0.2) is 17.6 Å². The lowest BCUT2D eigenvalue weighted by atomic mass is 10.1. The molecule has 0 atom stereocenters. The molecule has 1 heterocycles. The Morgan fingerprint density at radius 2 is 2.24 bits per heavy atom. The highest BCUT2D eigenvalue weighted by atomic mass is 79.9. The van der Waals surface area contributed by atoms with Crippen molar-refractivity contribution in [2.45, 2.75) is 19.8 Å². The van der Waals surface area contributed by atoms with E-state index in [2.05, 4.69) is 25.7 Å². The van der Waals surface area contributed by atoms with Crippen LogP contribution in [0.1, 0.15) is 24.5 Å². The van der Waals surface area contributed by atoms with Gasteiger partial charge in [-0.1, -0.05) is 0 Å². The second kappa shape index (κ2) is 6.00. The maximum Gasteiger partial charge on any atom is 0.310 e. The molecule has 0 N–H and O–H groups in total. The van der Waals surface area contributed by atoms with Crippen molar-refractivity contribution in [1.29, 1.82) is 0 Å². The highest BCUT2D eigenvalue weighted by Gasteiger charge is 2.21. The van der Waals surface area contributed by atoms with Crippen molar-refractivity contribution in [1.82, 2.24) is 4.98 Å². The molecule has 0 aliphatic rings. The van der Waals surface area contributed by atoms with E-state index in [0.29, 0.717) is 0 Å². The van der Waals surface area contributed by atoms with E-state index in [1.54, 1.807) is 6.92 Å². The second-order valence-electron chi connectivity index (χ2n) is 3.09. The molecule has 0 bridgehead atoms. The number of carbonyl (C=O) groups excluding carboxylic acids is 1. The molecule has 0 amide bonds. The summed E-state index contributed by atoms with van der Waals surface area (Å²) in [7, 11) is 0. The lowest BCUT2D eigenvalue weighted by Crippen LogP contribution is -2.12. The molecular weight excluding hydrogens is 303 g/mol. The van der Waals surface area contributed by atoms with E-state index in [1.165, 1.54) is 0 Å². The number of aromatic nitrogens is 1. The Kier molecular flexibility index (Phi) is 4.92. The Morgan fingerprint density at radius 3 is 2.76 bits per heavy atom. The molecule has 0 unspecified atom stereocenters. The van der Waals surface area contributed by atoms with Gasteiger partial charge < -0.3 is 4.74 Å². The first-order valence-corrected chi connectivity index (χ1v) is 5.53. The van der Waals surface area contributed by atoms with Gasteiger partial charge in [0.05, 0.1) is 13.0 Å². The van der Waals surface area contributed by atoms with Crippen molar-refractivity contribution < 1.29 is 22.7 Å². The van der Waals surface area contributed by atoms with Crippen molar-refractivity contribution in [2.24, 2.45) is 0 Å². The van der Waals surface area contributed by atoms with Crippen LogP contribution in [0, 0.1) is 5.95 Å². The van der Waals surface area contributed by atoms with Gasteiger partial charge in [0.25, 0.3) is 6.43 Å². The van der Waals surface area contributed by atoms with Crippen LogP contribution in [0.2, 0.25) is 0 Å².